The molecule has 1 saturated heterocycles. The van der Waals surface area contributed by atoms with Gasteiger partial charge in [0.1, 0.15) is 11.4 Å². The highest BCUT2D eigenvalue weighted by Gasteiger charge is 2.48. The fraction of sp³-hybridized carbons (Fsp3) is 0.500. The van der Waals surface area contributed by atoms with Gasteiger partial charge in [0, 0.05) is 0 Å². The summed E-state index contributed by atoms with van der Waals surface area (Å²) in [4.78, 5) is 25.8. The van der Waals surface area contributed by atoms with Gasteiger partial charge in [0.2, 0.25) is 0 Å². The second kappa shape index (κ2) is 5.68. The average molecular weight is 308 g/mol. The van der Waals surface area contributed by atoms with E-state index < -0.39 is 11.6 Å². The van der Waals surface area contributed by atoms with Gasteiger partial charge in [0.05, 0.1) is 18.8 Å². The van der Waals surface area contributed by atoms with Gasteiger partial charge in [-0.1, -0.05) is 12.1 Å². The van der Waals surface area contributed by atoms with E-state index in [-0.39, 0.29) is 30.5 Å². The van der Waals surface area contributed by atoms with Crippen LogP contribution in [-0.4, -0.2) is 35.6 Å². The maximum atomic E-state index is 13.0. The Kier molecular flexibility index (Phi) is 4.24. The van der Waals surface area contributed by atoms with Crippen molar-refractivity contribution in [1.82, 2.24) is 10.2 Å². The van der Waals surface area contributed by atoms with Gasteiger partial charge in [0.15, 0.2) is 0 Å². The Labute approximate surface area is 129 Å². The lowest BCUT2D eigenvalue weighted by Gasteiger charge is -2.23. The van der Waals surface area contributed by atoms with Crippen LogP contribution in [0.3, 0.4) is 0 Å². The first-order valence-electron chi connectivity index (χ1n) is 7.17. The Morgan fingerprint density at radius 2 is 1.82 bits per heavy atom. The molecule has 1 aliphatic heterocycles. The molecule has 3 amide bonds. The van der Waals surface area contributed by atoms with Crippen molar-refractivity contribution in [2.24, 2.45) is 0 Å². The molecule has 0 radical (unpaired) electrons. The number of carbonyl (C=O) groups excluding carboxylic acids is 2. The van der Waals surface area contributed by atoms with Gasteiger partial charge in [-0.25, -0.2) is 9.18 Å². The summed E-state index contributed by atoms with van der Waals surface area (Å²) in [6.07, 6.45) is 0. The fourth-order valence-corrected chi connectivity index (χ4v) is 2.32. The molecule has 2 rings (SSSR count). The highest BCUT2D eigenvalue weighted by atomic mass is 19.1. The summed E-state index contributed by atoms with van der Waals surface area (Å²) in [6.45, 7) is 7.77. The second-order valence-corrected chi connectivity index (χ2v) is 6.48. The van der Waals surface area contributed by atoms with Gasteiger partial charge in [0.25, 0.3) is 5.91 Å². The summed E-state index contributed by atoms with van der Waals surface area (Å²) in [7, 11) is 0. The Morgan fingerprint density at radius 1 is 1.23 bits per heavy atom. The SMILES string of the molecule is CC(C)(C)OCCN1C(=O)NC(C)(c2ccc(F)cc2)C1=O. The van der Waals surface area contributed by atoms with Crippen molar-refractivity contribution in [3.8, 4) is 0 Å². The summed E-state index contributed by atoms with van der Waals surface area (Å²) in [6, 6.07) is 5.08. The number of rotatable bonds is 4. The van der Waals surface area contributed by atoms with Crippen LogP contribution in [0.1, 0.15) is 33.3 Å². The second-order valence-electron chi connectivity index (χ2n) is 6.48. The van der Waals surface area contributed by atoms with Crippen LogP contribution >= 0.6 is 0 Å². The monoisotopic (exact) mass is 308 g/mol. The standard InChI is InChI=1S/C16H21FN2O3/c1-15(2,3)22-10-9-19-13(20)16(4,18-14(19)21)11-5-7-12(17)8-6-11/h5-8H,9-10H2,1-4H3,(H,18,21). The zero-order chi connectivity index (χ0) is 16.5. The molecule has 22 heavy (non-hydrogen) atoms. The number of halogens is 1. The maximum Gasteiger partial charge on any atom is 0.325 e. The molecule has 1 aliphatic rings. The van der Waals surface area contributed by atoms with Gasteiger partial charge >= 0.3 is 6.03 Å². The lowest BCUT2D eigenvalue weighted by Crippen LogP contribution is -2.41. The summed E-state index contributed by atoms with van der Waals surface area (Å²) in [5.41, 5.74) is -0.960. The Hall–Kier alpha value is -1.95. The van der Waals surface area contributed by atoms with Crippen molar-refractivity contribution in [3.63, 3.8) is 0 Å². The number of urea groups is 1. The van der Waals surface area contributed by atoms with Crippen molar-refractivity contribution in [1.29, 1.82) is 0 Å². The molecule has 120 valence electrons. The molecule has 0 saturated carbocycles. The number of carbonyl (C=O) groups is 2. The molecule has 0 aromatic heterocycles. The minimum absolute atomic E-state index is 0.179. The molecule has 1 aromatic rings. The van der Waals surface area contributed by atoms with Gasteiger partial charge in [-0.05, 0) is 45.4 Å². The Balaban J connectivity index is 2.12. The molecule has 0 bridgehead atoms. The van der Waals surface area contributed by atoms with Crippen LogP contribution in [0.4, 0.5) is 9.18 Å². The minimum Gasteiger partial charge on any atom is -0.374 e. The topological polar surface area (TPSA) is 58.6 Å². The van der Waals surface area contributed by atoms with Crippen LogP contribution in [0.15, 0.2) is 24.3 Å². The Morgan fingerprint density at radius 3 is 2.36 bits per heavy atom. The molecule has 6 heteroatoms. The van der Waals surface area contributed by atoms with Gasteiger partial charge in [-0.3, -0.25) is 9.69 Å². The van der Waals surface area contributed by atoms with E-state index in [9.17, 15) is 14.0 Å². The van der Waals surface area contributed by atoms with Crippen LogP contribution < -0.4 is 5.32 Å². The molecule has 1 aromatic carbocycles. The quantitative estimate of drug-likeness (QED) is 0.869. The van der Waals surface area contributed by atoms with Gasteiger partial charge in [-0.2, -0.15) is 0 Å². The van der Waals surface area contributed by atoms with Crippen molar-refractivity contribution in [3.05, 3.63) is 35.6 Å². The van der Waals surface area contributed by atoms with Gasteiger partial charge < -0.3 is 10.1 Å². The third-order valence-electron chi connectivity index (χ3n) is 3.55. The van der Waals surface area contributed by atoms with E-state index in [4.69, 9.17) is 4.74 Å². The number of hydrogen-bond donors (Lipinski definition) is 1. The van der Waals surface area contributed by atoms with E-state index in [2.05, 4.69) is 5.32 Å². The zero-order valence-corrected chi connectivity index (χ0v) is 13.3. The number of imide groups is 1. The van der Waals surface area contributed by atoms with Crippen LogP contribution in [0, 0.1) is 5.82 Å². The number of nitrogens with zero attached hydrogens (tertiary/aromatic N) is 1. The van der Waals surface area contributed by atoms with E-state index in [1.807, 2.05) is 20.8 Å². The van der Waals surface area contributed by atoms with Crippen molar-refractivity contribution >= 4 is 11.9 Å². The van der Waals surface area contributed by atoms with Crippen LogP contribution in [0.25, 0.3) is 0 Å². The number of hydrogen-bond acceptors (Lipinski definition) is 3. The lowest BCUT2D eigenvalue weighted by atomic mass is 9.92. The summed E-state index contributed by atoms with van der Waals surface area (Å²) >= 11 is 0. The molecule has 1 fully saturated rings. The lowest BCUT2D eigenvalue weighted by molar-refractivity contribution is -0.132. The molecule has 1 heterocycles. The van der Waals surface area contributed by atoms with Crippen molar-refractivity contribution in [2.75, 3.05) is 13.2 Å². The largest absolute Gasteiger partial charge is 0.374 e. The fourth-order valence-electron chi connectivity index (χ4n) is 2.32. The first kappa shape index (κ1) is 16.4. The van der Waals surface area contributed by atoms with E-state index in [1.54, 1.807) is 6.92 Å². The van der Waals surface area contributed by atoms with Gasteiger partial charge in [-0.15, -0.1) is 0 Å². The summed E-state index contributed by atoms with van der Waals surface area (Å²) in [5.74, 6) is -0.749. The van der Waals surface area contributed by atoms with Crippen LogP contribution in [0.5, 0.6) is 0 Å². The van der Waals surface area contributed by atoms with E-state index in [0.717, 1.165) is 4.90 Å². The molecule has 0 spiro atoms. The maximum absolute atomic E-state index is 13.0. The third kappa shape index (κ3) is 3.27. The number of benzene rings is 1. The minimum atomic E-state index is -1.17. The average Bonchev–Trinajstić information content (AvgIpc) is 2.62. The third-order valence-corrected chi connectivity index (χ3v) is 3.55. The van der Waals surface area contributed by atoms with E-state index >= 15 is 0 Å². The molecular weight excluding hydrogens is 287 g/mol. The number of amides is 3. The summed E-state index contributed by atoms with van der Waals surface area (Å²) < 4.78 is 18.6. The molecular formula is C16H21FN2O3. The smallest absolute Gasteiger partial charge is 0.325 e. The normalized spacial score (nSPS) is 22.1. The number of ether oxygens (including phenoxy) is 1. The molecule has 1 atom stereocenters. The first-order chi connectivity index (χ1) is 10.1. The zero-order valence-electron chi connectivity index (χ0n) is 13.3. The van der Waals surface area contributed by atoms with Crippen LogP contribution in [-0.2, 0) is 15.1 Å². The predicted octanol–water partition coefficient (Wildman–Crippen LogP) is 2.41. The predicted molar refractivity (Wildman–Crippen MR) is 79.7 cm³/mol. The highest BCUT2D eigenvalue weighted by molar-refractivity contribution is 6.07. The molecule has 1 unspecified atom stereocenters. The molecule has 1 N–H and O–H groups in total. The van der Waals surface area contributed by atoms with E-state index in [0.29, 0.717) is 5.56 Å². The number of nitrogens with one attached hydrogen (secondary N) is 1. The molecule has 5 nitrogen and oxygen atoms in total. The highest BCUT2D eigenvalue weighted by Crippen LogP contribution is 2.28. The first-order valence-corrected chi connectivity index (χ1v) is 7.17. The van der Waals surface area contributed by atoms with Crippen molar-refractivity contribution < 1.29 is 18.7 Å². The summed E-state index contributed by atoms with van der Waals surface area (Å²) in [5, 5.41) is 2.67. The molecule has 0 aliphatic carbocycles. The van der Waals surface area contributed by atoms with Crippen LogP contribution in [0.2, 0.25) is 0 Å². The Bertz CT molecular complexity index is 580. The van der Waals surface area contributed by atoms with Crippen molar-refractivity contribution in [2.45, 2.75) is 38.8 Å². The van der Waals surface area contributed by atoms with E-state index in [1.165, 1.54) is 24.3 Å².